The van der Waals surface area contributed by atoms with E-state index in [9.17, 15) is 27.5 Å². The highest BCUT2D eigenvalue weighted by Crippen LogP contribution is 2.25. The number of carbonyl (C=O) groups excluding carboxylic acids is 1. The Morgan fingerprint density at radius 1 is 1.31 bits per heavy atom. The molecule has 0 saturated heterocycles. The van der Waals surface area contributed by atoms with E-state index in [4.69, 9.17) is 4.74 Å². The smallest absolute Gasteiger partial charge is 0.343 e. The van der Waals surface area contributed by atoms with Crippen molar-refractivity contribution in [2.45, 2.75) is 13.5 Å². The molecule has 0 fully saturated rings. The molecule has 1 heterocycles. The lowest BCUT2D eigenvalue weighted by Crippen LogP contribution is -2.13. The van der Waals surface area contributed by atoms with E-state index in [1.165, 1.54) is 13.1 Å². The second kappa shape index (κ2) is 8.52. The number of hydrogen-bond donors (Lipinski definition) is 1. The topological polar surface area (TPSA) is 84.7 Å². The molecule has 6 nitrogen and oxygen atoms in total. The van der Waals surface area contributed by atoms with Crippen LogP contribution in [0.25, 0.3) is 5.76 Å². The van der Waals surface area contributed by atoms with Crippen LogP contribution in [0, 0.1) is 23.3 Å². The summed E-state index contributed by atoms with van der Waals surface area (Å²) < 4.78 is 66.0. The zero-order valence-electron chi connectivity index (χ0n) is 13.2. The number of aliphatic hydroxyl groups is 1. The van der Waals surface area contributed by atoms with Gasteiger partial charge in [0.1, 0.15) is 11.3 Å². The van der Waals surface area contributed by atoms with Crippen molar-refractivity contribution in [1.29, 1.82) is 0 Å². The minimum Gasteiger partial charge on any atom is -0.506 e. The Morgan fingerprint density at radius 2 is 2.04 bits per heavy atom. The van der Waals surface area contributed by atoms with Crippen molar-refractivity contribution in [3.63, 3.8) is 0 Å². The number of hydrogen-bond acceptors (Lipinski definition) is 7. The minimum atomic E-state index is -2.12. The first-order chi connectivity index (χ1) is 12.4. The summed E-state index contributed by atoms with van der Waals surface area (Å²) in [7, 11) is 0. The Morgan fingerprint density at radius 3 is 2.65 bits per heavy atom. The monoisotopic (exact) mass is 389 g/mol. The van der Waals surface area contributed by atoms with Crippen molar-refractivity contribution in [3.05, 3.63) is 52.4 Å². The van der Waals surface area contributed by atoms with E-state index in [1.807, 2.05) is 0 Å². The summed E-state index contributed by atoms with van der Waals surface area (Å²) in [4.78, 5) is 15.8. The molecule has 1 aromatic carbocycles. The lowest BCUT2D eigenvalue weighted by Gasteiger charge is -2.09. The van der Waals surface area contributed by atoms with Crippen LogP contribution in [0.2, 0.25) is 0 Å². The van der Waals surface area contributed by atoms with Gasteiger partial charge in [-0.05, 0) is 13.0 Å². The maximum Gasteiger partial charge on any atom is 0.343 e. The van der Waals surface area contributed by atoms with E-state index in [-0.39, 0.29) is 19.2 Å². The van der Waals surface area contributed by atoms with Crippen LogP contribution in [-0.4, -0.2) is 32.6 Å². The van der Waals surface area contributed by atoms with Crippen LogP contribution in [0.1, 0.15) is 18.2 Å². The first kappa shape index (κ1) is 19.5. The summed E-state index contributed by atoms with van der Waals surface area (Å²) in [5, 5.41) is 10.1. The summed E-state index contributed by atoms with van der Waals surface area (Å²) in [6.45, 7) is 1.36. The molecule has 11 heteroatoms. The first-order valence-electron chi connectivity index (χ1n) is 7.06. The van der Waals surface area contributed by atoms with Gasteiger partial charge in [0.2, 0.25) is 0 Å². The molecule has 0 spiro atoms. The molecule has 0 atom stereocenters. The molecule has 0 bridgehead atoms. The normalized spacial score (nSPS) is 12.3. The van der Waals surface area contributed by atoms with Gasteiger partial charge in [-0.3, -0.25) is 4.99 Å². The van der Waals surface area contributed by atoms with Gasteiger partial charge in [0.05, 0.1) is 42.3 Å². The Kier molecular flexibility index (Phi) is 6.39. The second-order valence-corrected chi connectivity index (χ2v) is 5.26. The lowest BCUT2D eigenvalue weighted by atomic mass is 10.1. The third-order valence-electron chi connectivity index (χ3n) is 2.99. The van der Waals surface area contributed by atoms with Gasteiger partial charge in [0.25, 0.3) is 0 Å². The molecule has 1 N–H and O–H groups in total. The Bertz CT molecular complexity index is 870. The fourth-order valence-corrected chi connectivity index (χ4v) is 2.22. The van der Waals surface area contributed by atoms with Crippen molar-refractivity contribution >= 4 is 29.7 Å². The molecular formula is C15H11F4N3O3S. The van der Waals surface area contributed by atoms with Gasteiger partial charge in [-0.25, -0.2) is 22.4 Å². The third kappa shape index (κ3) is 4.23. The van der Waals surface area contributed by atoms with E-state index in [2.05, 4.69) is 13.7 Å². The van der Waals surface area contributed by atoms with Gasteiger partial charge in [-0.1, -0.05) is 0 Å². The number of benzene rings is 1. The van der Waals surface area contributed by atoms with Gasteiger partial charge in [-0.15, -0.1) is 0 Å². The standard InChI is InChI=1S/C15H11F4N3O3S/c1-2-25-15(24)9(6-20-4-7-5-21-26-22-7)14(23)8-3-10(16)12(18)13(19)11(8)17/h3,5-6,23H,2,4H2,1H3. The molecule has 26 heavy (non-hydrogen) atoms. The second-order valence-electron chi connectivity index (χ2n) is 4.70. The van der Waals surface area contributed by atoms with E-state index in [1.54, 1.807) is 0 Å². The van der Waals surface area contributed by atoms with Crippen molar-refractivity contribution in [3.8, 4) is 0 Å². The van der Waals surface area contributed by atoms with Crippen LogP contribution in [0.15, 0.2) is 22.8 Å². The molecule has 0 aliphatic heterocycles. The van der Waals surface area contributed by atoms with Crippen LogP contribution < -0.4 is 0 Å². The molecule has 0 aliphatic carbocycles. The molecule has 0 unspecified atom stereocenters. The Hall–Kier alpha value is -2.82. The lowest BCUT2D eigenvalue weighted by molar-refractivity contribution is -0.137. The summed E-state index contributed by atoms with van der Waals surface area (Å²) in [6, 6.07) is 0.223. The summed E-state index contributed by atoms with van der Waals surface area (Å²) >= 11 is 0.927. The SMILES string of the molecule is CCOC(=O)C(C=NCc1cnsn1)=C(O)c1cc(F)c(F)c(F)c1F. The molecule has 0 radical (unpaired) electrons. The van der Waals surface area contributed by atoms with Crippen molar-refractivity contribution in [2.24, 2.45) is 4.99 Å². The maximum atomic E-state index is 13.9. The number of aliphatic imine (C=N–C) groups is 1. The fourth-order valence-electron chi connectivity index (χ4n) is 1.79. The number of ether oxygens (including phenoxy) is 1. The number of halogens is 4. The average molecular weight is 389 g/mol. The van der Waals surface area contributed by atoms with E-state index < -0.39 is 46.1 Å². The zero-order chi connectivity index (χ0) is 19.3. The van der Waals surface area contributed by atoms with Crippen molar-refractivity contribution in [1.82, 2.24) is 8.75 Å². The maximum absolute atomic E-state index is 13.9. The predicted octanol–water partition coefficient (Wildman–Crippen LogP) is 3.20. The molecule has 2 rings (SSSR count). The Balaban J connectivity index is 2.48. The zero-order valence-corrected chi connectivity index (χ0v) is 14.0. The predicted molar refractivity (Wildman–Crippen MR) is 84.6 cm³/mol. The van der Waals surface area contributed by atoms with E-state index in [0.29, 0.717) is 5.69 Å². The number of carbonyl (C=O) groups is 1. The van der Waals surface area contributed by atoms with E-state index in [0.717, 1.165) is 17.9 Å². The first-order valence-corrected chi connectivity index (χ1v) is 7.79. The largest absolute Gasteiger partial charge is 0.506 e. The number of esters is 1. The van der Waals surface area contributed by atoms with Crippen molar-refractivity contribution in [2.75, 3.05) is 6.61 Å². The molecule has 2 aromatic rings. The van der Waals surface area contributed by atoms with Crippen LogP contribution in [-0.2, 0) is 16.1 Å². The highest BCUT2D eigenvalue weighted by Gasteiger charge is 2.25. The third-order valence-corrected chi connectivity index (χ3v) is 3.50. The van der Waals surface area contributed by atoms with Gasteiger partial charge in [0, 0.05) is 6.21 Å². The molecule has 138 valence electrons. The fraction of sp³-hybridized carbons (Fsp3) is 0.200. The van der Waals surface area contributed by atoms with Crippen LogP contribution >= 0.6 is 11.7 Å². The molecule has 0 amide bonds. The summed E-state index contributed by atoms with van der Waals surface area (Å²) in [5.41, 5.74) is -1.26. The summed E-state index contributed by atoms with van der Waals surface area (Å²) in [5.74, 6) is -10.0. The number of nitrogens with zero attached hydrogens (tertiary/aromatic N) is 3. The number of aliphatic hydroxyl groups excluding tert-OH is 1. The highest BCUT2D eigenvalue weighted by atomic mass is 32.1. The van der Waals surface area contributed by atoms with Crippen LogP contribution in [0.5, 0.6) is 0 Å². The van der Waals surface area contributed by atoms with E-state index >= 15 is 0 Å². The molecule has 0 aliphatic rings. The van der Waals surface area contributed by atoms with Gasteiger partial charge in [0.15, 0.2) is 23.3 Å². The van der Waals surface area contributed by atoms with Crippen molar-refractivity contribution < 1.29 is 32.2 Å². The van der Waals surface area contributed by atoms with Gasteiger partial charge >= 0.3 is 5.97 Å². The van der Waals surface area contributed by atoms with Gasteiger partial charge in [-0.2, -0.15) is 8.75 Å². The van der Waals surface area contributed by atoms with Crippen LogP contribution in [0.3, 0.4) is 0 Å². The number of aromatic nitrogens is 2. The Labute approximate surface area is 148 Å². The minimum absolute atomic E-state index is 0.0265. The quantitative estimate of drug-likeness (QED) is 0.156. The number of rotatable bonds is 6. The highest BCUT2D eigenvalue weighted by molar-refractivity contribution is 6.99. The average Bonchev–Trinajstić information content (AvgIpc) is 3.13. The van der Waals surface area contributed by atoms with Crippen LogP contribution in [0.4, 0.5) is 17.6 Å². The molecular weight excluding hydrogens is 378 g/mol. The van der Waals surface area contributed by atoms with Gasteiger partial charge < -0.3 is 9.84 Å². The summed E-state index contributed by atoms with van der Waals surface area (Å²) in [6.07, 6.45) is 2.26. The molecule has 0 saturated carbocycles. The molecule has 1 aromatic heterocycles.